The number of carbonyl (C=O) groups excluding carboxylic acids is 1. The highest BCUT2D eigenvalue weighted by Crippen LogP contribution is 2.43. The first kappa shape index (κ1) is 17.0. The van der Waals surface area contributed by atoms with Gasteiger partial charge in [-0.05, 0) is 44.9 Å². The van der Waals surface area contributed by atoms with E-state index in [0.717, 1.165) is 17.5 Å². The molecule has 3 unspecified atom stereocenters. The molecule has 0 bridgehead atoms. The summed E-state index contributed by atoms with van der Waals surface area (Å²) in [6.07, 6.45) is 2.15. The van der Waals surface area contributed by atoms with E-state index in [-0.39, 0.29) is 12.0 Å². The minimum absolute atomic E-state index is 0.0718. The van der Waals surface area contributed by atoms with Crippen LogP contribution in [0.15, 0.2) is 18.2 Å². The fraction of sp³-hybridized carbons (Fsp3) is 0.562. The first-order chi connectivity index (χ1) is 10.2. The minimum Gasteiger partial charge on any atom is -0.616 e. The van der Waals surface area contributed by atoms with E-state index in [4.69, 9.17) is 10.5 Å². The fourth-order valence-electron chi connectivity index (χ4n) is 2.49. The van der Waals surface area contributed by atoms with Gasteiger partial charge in [-0.1, -0.05) is 17.2 Å². The summed E-state index contributed by atoms with van der Waals surface area (Å²) in [7, 11) is 0. The molecule has 122 valence electrons. The number of carbonyl (C=O) groups is 1. The summed E-state index contributed by atoms with van der Waals surface area (Å²) in [5.74, 6) is 0.724. The molecule has 1 aliphatic carbocycles. The summed E-state index contributed by atoms with van der Waals surface area (Å²) in [4.78, 5) is 11.8. The Morgan fingerprint density at radius 2 is 2.18 bits per heavy atom. The third-order valence-corrected chi connectivity index (χ3v) is 4.14. The van der Waals surface area contributed by atoms with Crippen LogP contribution in [0.5, 0.6) is 0 Å². The zero-order valence-corrected chi connectivity index (χ0v) is 14.3. The zero-order valence-electron chi connectivity index (χ0n) is 13.5. The van der Waals surface area contributed by atoms with Crippen LogP contribution >= 0.6 is 0 Å². The Morgan fingerprint density at radius 3 is 2.77 bits per heavy atom. The molecule has 6 heteroatoms. The topological polar surface area (TPSA) is 87.4 Å². The maximum absolute atomic E-state index is 11.8. The van der Waals surface area contributed by atoms with Gasteiger partial charge in [-0.15, -0.1) is 0 Å². The normalized spacial score (nSPS) is 22.0. The van der Waals surface area contributed by atoms with Crippen LogP contribution in [0, 0.1) is 0 Å². The molecule has 1 aromatic rings. The highest BCUT2D eigenvalue weighted by atomic mass is 32.2. The summed E-state index contributed by atoms with van der Waals surface area (Å²) in [6.45, 7) is 5.52. The van der Waals surface area contributed by atoms with E-state index in [2.05, 4.69) is 5.32 Å². The molecule has 0 spiro atoms. The van der Waals surface area contributed by atoms with Crippen molar-refractivity contribution in [3.8, 4) is 0 Å². The molecule has 22 heavy (non-hydrogen) atoms. The lowest BCUT2D eigenvalue weighted by Crippen LogP contribution is -2.34. The molecule has 1 fully saturated rings. The van der Waals surface area contributed by atoms with Gasteiger partial charge in [-0.3, -0.25) is 0 Å². The van der Waals surface area contributed by atoms with Crippen LogP contribution in [0.3, 0.4) is 0 Å². The lowest BCUT2D eigenvalue weighted by molar-refractivity contribution is 0.0523. The average Bonchev–Trinajstić information content (AvgIpc) is 3.04. The van der Waals surface area contributed by atoms with E-state index in [9.17, 15) is 9.35 Å². The molecular formula is C16H24N2O3S. The van der Waals surface area contributed by atoms with Gasteiger partial charge in [0.15, 0.2) is 0 Å². The van der Waals surface area contributed by atoms with Crippen LogP contribution in [0.1, 0.15) is 44.2 Å². The Hall–Kier alpha value is -1.40. The van der Waals surface area contributed by atoms with Crippen LogP contribution in [0.25, 0.3) is 0 Å². The van der Waals surface area contributed by atoms with Crippen molar-refractivity contribution in [1.29, 1.82) is 0 Å². The quantitative estimate of drug-likeness (QED) is 0.658. The standard InChI is InChI=1S/C16H24N2O3S/c1-16(2,3)21-15(19)18-14-8-13(14)12-6-5-11(17)7-10(12)9-22(4)20/h5-7,13-14H,8-9,17H2,1-4H3,(H,18,19). The molecule has 0 aliphatic heterocycles. The number of rotatable bonds is 4. The molecule has 3 atom stereocenters. The molecule has 0 aromatic heterocycles. The molecular weight excluding hydrogens is 300 g/mol. The number of amides is 1. The maximum atomic E-state index is 11.8. The Morgan fingerprint density at radius 1 is 1.50 bits per heavy atom. The van der Waals surface area contributed by atoms with Gasteiger partial charge in [0.2, 0.25) is 0 Å². The van der Waals surface area contributed by atoms with Gasteiger partial charge < -0.3 is 20.3 Å². The molecule has 0 heterocycles. The fourth-order valence-corrected chi connectivity index (χ4v) is 3.18. The van der Waals surface area contributed by atoms with E-state index in [0.29, 0.717) is 11.4 Å². The molecule has 1 aromatic carbocycles. The first-order valence-electron chi connectivity index (χ1n) is 7.33. The number of nitrogens with one attached hydrogen (secondary N) is 1. The van der Waals surface area contributed by atoms with Gasteiger partial charge in [0.05, 0.1) is 6.26 Å². The Bertz CT molecular complexity index is 555. The Labute approximate surface area is 134 Å². The minimum atomic E-state index is -0.927. The number of ether oxygens (including phenoxy) is 1. The summed E-state index contributed by atoms with van der Waals surface area (Å²) < 4.78 is 16.8. The second kappa shape index (κ2) is 6.38. The van der Waals surface area contributed by atoms with Crippen LogP contribution < -0.4 is 11.1 Å². The second-order valence-electron chi connectivity index (χ2n) is 6.77. The SMILES string of the molecule is C[S+]([O-])Cc1cc(N)ccc1C1CC1NC(=O)OC(C)(C)C. The van der Waals surface area contributed by atoms with Gasteiger partial charge >= 0.3 is 6.09 Å². The van der Waals surface area contributed by atoms with E-state index < -0.39 is 22.9 Å². The third kappa shape index (κ3) is 4.81. The van der Waals surface area contributed by atoms with E-state index in [1.807, 2.05) is 39.0 Å². The molecule has 3 N–H and O–H groups in total. The number of nitrogen functional groups attached to an aromatic ring is 1. The van der Waals surface area contributed by atoms with E-state index >= 15 is 0 Å². The highest BCUT2D eigenvalue weighted by molar-refractivity contribution is 7.89. The van der Waals surface area contributed by atoms with Crippen molar-refractivity contribution < 1.29 is 14.1 Å². The van der Waals surface area contributed by atoms with Crippen molar-refractivity contribution in [2.75, 3.05) is 12.0 Å². The molecule has 2 rings (SSSR count). The van der Waals surface area contributed by atoms with Gasteiger partial charge in [0.25, 0.3) is 0 Å². The third-order valence-electron chi connectivity index (χ3n) is 3.42. The predicted octanol–water partition coefficient (Wildman–Crippen LogP) is 2.53. The van der Waals surface area contributed by atoms with Crippen molar-refractivity contribution in [1.82, 2.24) is 5.32 Å². The molecule has 0 radical (unpaired) electrons. The van der Waals surface area contributed by atoms with Gasteiger partial charge in [0.1, 0.15) is 11.4 Å². The number of benzene rings is 1. The zero-order chi connectivity index (χ0) is 16.5. The number of hydrogen-bond acceptors (Lipinski definition) is 4. The molecule has 5 nitrogen and oxygen atoms in total. The van der Waals surface area contributed by atoms with Gasteiger partial charge in [-0.2, -0.15) is 0 Å². The first-order valence-corrected chi connectivity index (χ1v) is 9.06. The molecule has 1 saturated carbocycles. The van der Waals surface area contributed by atoms with Crippen LogP contribution in [0.2, 0.25) is 0 Å². The molecule has 0 saturated heterocycles. The van der Waals surface area contributed by atoms with Crippen molar-refractivity contribution in [2.24, 2.45) is 0 Å². The van der Waals surface area contributed by atoms with Crippen LogP contribution in [-0.4, -0.2) is 28.5 Å². The Balaban J connectivity index is 2.01. The predicted molar refractivity (Wildman–Crippen MR) is 89.1 cm³/mol. The number of anilines is 1. The average molecular weight is 324 g/mol. The lowest BCUT2D eigenvalue weighted by atomic mass is 10.0. The largest absolute Gasteiger partial charge is 0.616 e. The summed E-state index contributed by atoms with van der Waals surface area (Å²) in [6, 6.07) is 5.77. The maximum Gasteiger partial charge on any atom is 0.407 e. The van der Waals surface area contributed by atoms with Crippen molar-refractivity contribution >= 4 is 23.0 Å². The summed E-state index contributed by atoms with van der Waals surface area (Å²) in [5, 5.41) is 2.89. The van der Waals surface area contributed by atoms with Gasteiger partial charge in [-0.25, -0.2) is 4.79 Å². The van der Waals surface area contributed by atoms with Crippen molar-refractivity contribution in [3.05, 3.63) is 29.3 Å². The van der Waals surface area contributed by atoms with E-state index in [1.165, 1.54) is 0 Å². The second-order valence-corrected chi connectivity index (χ2v) is 8.21. The number of nitrogens with two attached hydrogens (primary N) is 1. The van der Waals surface area contributed by atoms with Crippen LogP contribution in [0.4, 0.5) is 10.5 Å². The van der Waals surface area contributed by atoms with Gasteiger partial charge in [0, 0.05) is 23.2 Å². The van der Waals surface area contributed by atoms with Crippen molar-refractivity contribution in [2.45, 2.75) is 50.5 Å². The van der Waals surface area contributed by atoms with E-state index in [1.54, 1.807) is 6.26 Å². The Kier molecular flexibility index (Phi) is 4.92. The smallest absolute Gasteiger partial charge is 0.407 e. The summed E-state index contributed by atoms with van der Waals surface area (Å²) >= 11 is -0.927. The lowest BCUT2D eigenvalue weighted by Gasteiger charge is -2.19. The molecule has 1 aliphatic rings. The van der Waals surface area contributed by atoms with Crippen molar-refractivity contribution in [3.63, 3.8) is 0 Å². The summed E-state index contributed by atoms with van der Waals surface area (Å²) in [5.41, 5.74) is 8.10. The molecule has 1 amide bonds. The highest BCUT2D eigenvalue weighted by Gasteiger charge is 2.41. The monoisotopic (exact) mass is 324 g/mol. The number of hydrogen-bond donors (Lipinski definition) is 2. The van der Waals surface area contributed by atoms with Crippen LogP contribution in [-0.2, 0) is 21.7 Å². The number of alkyl carbamates (subject to hydrolysis) is 1.